The molecule has 0 atom stereocenters. The zero-order chi connectivity index (χ0) is 19.7. The van der Waals surface area contributed by atoms with Crippen LogP contribution >= 0.6 is 0 Å². The van der Waals surface area contributed by atoms with Crippen molar-refractivity contribution in [3.8, 4) is 0 Å². The number of benzene rings is 2. The van der Waals surface area contributed by atoms with E-state index in [9.17, 15) is 18.4 Å². The van der Waals surface area contributed by atoms with Crippen LogP contribution in [0.15, 0.2) is 48.5 Å². The number of morpholine rings is 1. The molecule has 0 aliphatic carbocycles. The predicted molar refractivity (Wildman–Crippen MR) is 99.0 cm³/mol. The van der Waals surface area contributed by atoms with Crippen molar-refractivity contribution in [3.05, 3.63) is 65.7 Å². The van der Waals surface area contributed by atoms with Gasteiger partial charge in [0.2, 0.25) is 0 Å². The molecular formula is C21H20F2N2O3. The van der Waals surface area contributed by atoms with E-state index in [1.807, 2.05) is 0 Å². The lowest BCUT2D eigenvalue weighted by Crippen LogP contribution is -2.59. The van der Waals surface area contributed by atoms with Crippen molar-refractivity contribution >= 4 is 17.5 Å². The number of carbonyl (C=O) groups excluding carboxylic acids is 2. The van der Waals surface area contributed by atoms with Gasteiger partial charge in [-0.1, -0.05) is 12.1 Å². The number of likely N-dealkylation sites (tertiary alicyclic amines) is 1. The molecular weight excluding hydrogens is 366 g/mol. The predicted octanol–water partition coefficient (Wildman–Crippen LogP) is 3.00. The monoisotopic (exact) mass is 386 g/mol. The highest BCUT2D eigenvalue weighted by Crippen LogP contribution is 2.33. The molecule has 1 spiro atoms. The second-order valence-corrected chi connectivity index (χ2v) is 7.20. The molecule has 0 bridgehead atoms. The first-order valence-corrected chi connectivity index (χ1v) is 9.21. The first kappa shape index (κ1) is 18.6. The Morgan fingerprint density at radius 3 is 2.36 bits per heavy atom. The summed E-state index contributed by atoms with van der Waals surface area (Å²) in [7, 11) is 0. The fourth-order valence-electron chi connectivity index (χ4n) is 3.80. The summed E-state index contributed by atoms with van der Waals surface area (Å²) < 4.78 is 33.0. The minimum Gasteiger partial charge on any atom is -0.363 e. The van der Waals surface area contributed by atoms with Gasteiger partial charge in [-0.25, -0.2) is 8.78 Å². The summed E-state index contributed by atoms with van der Waals surface area (Å²) in [5.74, 6) is -1.41. The Morgan fingerprint density at radius 1 is 1.00 bits per heavy atom. The Bertz CT molecular complexity index is 893. The second-order valence-electron chi connectivity index (χ2n) is 7.20. The van der Waals surface area contributed by atoms with Gasteiger partial charge in [0.05, 0.1) is 17.7 Å². The van der Waals surface area contributed by atoms with Crippen LogP contribution < -0.4 is 4.90 Å². The number of halogens is 2. The van der Waals surface area contributed by atoms with Crippen LogP contribution in [0, 0.1) is 11.6 Å². The summed E-state index contributed by atoms with van der Waals surface area (Å²) in [6.07, 6.45) is 1.08. The number of ether oxygens (including phenoxy) is 1. The summed E-state index contributed by atoms with van der Waals surface area (Å²) in [4.78, 5) is 28.1. The maximum absolute atomic E-state index is 13.9. The lowest BCUT2D eigenvalue weighted by Gasteiger charge is -2.47. The van der Waals surface area contributed by atoms with Crippen molar-refractivity contribution in [3.63, 3.8) is 0 Å². The molecule has 2 aromatic carbocycles. The van der Waals surface area contributed by atoms with Gasteiger partial charge in [-0.15, -0.1) is 0 Å². The van der Waals surface area contributed by atoms with E-state index in [2.05, 4.69) is 0 Å². The van der Waals surface area contributed by atoms with E-state index in [0.29, 0.717) is 38.2 Å². The van der Waals surface area contributed by atoms with Crippen LogP contribution in [-0.4, -0.2) is 48.6 Å². The number of piperidine rings is 1. The van der Waals surface area contributed by atoms with E-state index in [0.717, 1.165) is 0 Å². The van der Waals surface area contributed by atoms with Gasteiger partial charge in [0, 0.05) is 18.8 Å². The largest absolute Gasteiger partial charge is 0.363 e. The molecule has 0 N–H and O–H groups in total. The molecule has 0 radical (unpaired) electrons. The first-order valence-electron chi connectivity index (χ1n) is 9.21. The molecule has 2 aliphatic heterocycles. The number of amides is 2. The van der Waals surface area contributed by atoms with E-state index in [4.69, 9.17) is 4.74 Å². The maximum Gasteiger partial charge on any atom is 0.256 e. The van der Waals surface area contributed by atoms with Crippen molar-refractivity contribution in [2.75, 3.05) is 31.1 Å². The summed E-state index contributed by atoms with van der Waals surface area (Å²) in [5, 5.41) is 0. The molecule has 28 heavy (non-hydrogen) atoms. The summed E-state index contributed by atoms with van der Waals surface area (Å²) >= 11 is 0. The van der Waals surface area contributed by atoms with Crippen LogP contribution in [0.3, 0.4) is 0 Å². The molecule has 2 fully saturated rings. The van der Waals surface area contributed by atoms with Crippen molar-refractivity contribution in [2.45, 2.75) is 18.4 Å². The Morgan fingerprint density at radius 2 is 1.68 bits per heavy atom. The highest BCUT2D eigenvalue weighted by Gasteiger charge is 2.43. The van der Waals surface area contributed by atoms with Gasteiger partial charge in [-0.05, 0) is 49.2 Å². The number of hydrogen-bond donors (Lipinski definition) is 0. The zero-order valence-electron chi connectivity index (χ0n) is 15.2. The fraction of sp³-hybridized carbons (Fsp3) is 0.333. The van der Waals surface area contributed by atoms with Crippen LogP contribution in [0.4, 0.5) is 14.5 Å². The van der Waals surface area contributed by atoms with Crippen LogP contribution in [0.2, 0.25) is 0 Å². The molecule has 2 aliphatic rings. The van der Waals surface area contributed by atoms with Crippen molar-refractivity contribution < 1.29 is 23.1 Å². The van der Waals surface area contributed by atoms with E-state index >= 15 is 0 Å². The summed E-state index contributed by atoms with van der Waals surface area (Å²) in [6.45, 7) is 1.12. The lowest BCUT2D eigenvalue weighted by atomic mass is 9.88. The highest BCUT2D eigenvalue weighted by molar-refractivity contribution is 5.95. The van der Waals surface area contributed by atoms with Crippen LogP contribution in [0.25, 0.3) is 0 Å². The van der Waals surface area contributed by atoms with E-state index in [1.54, 1.807) is 34.1 Å². The van der Waals surface area contributed by atoms with Gasteiger partial charge in [-0.2, -0.15) is 0 Å². The van der Waals surface area contributed by atoms with E-state index < -0.39 is 11.4 Å². The minimum atomic E-state index is -0.561. The van der Waals surface area contributed by atoms with Gasteiger partial charge in [0.25, 0.3) is 11.8 Å². The topological polar surface area (TPSA) is 49.9 Å². The number of hydrogen-bond acceptors (Lipinski definition) is 3. The molecule has 0 aromatic heterocycles. The molecule has 5 nitrogen and oxygen atoms in total. The Kier molecular flexibility index (Phi) is 4.85. The van der Waals surface area contributed by atoms with Gasteiger partial charge in [0.1, 0.15) is 18.2 Å². The molecule has 146 valence electrons. The standard InChI is InChI=1S/C21H20F2N2O3/c22-15-5-7-16(8-6-15)25-14-21(28-13-19(25)26)9-11-24(12-10-21)20(27)17-3-1-2-4-18(17)23/h1-8H,9-14H2. The van der Waals surface area contributed by atoms with Crippen LogP contribution in [0.1, 0.15) is 23.2 Å². The minimum absolute atomic E-state index is 0.0569. The average Bonchev–Trinajstić information content (AvgIpc) is 2.71. The molecule has 2 heterocycles. The van der Waals surface area contributed by atoms with Crippen LogP contribution in [0.5, 0.6) is 0 Å². The number of carbonyl (C=O) groups is 2. The molecule has 0 unspecified atom stereocenters. The fourth-order valence-corrected chi connectivity index (χ4v) is 3.80. The smallest absolute Gasteiger partial charge is 0.256 e. The SMILES string of the molecule is O=C(c1ccccc1F)N1CCC2(CC1)CN(c1ccc(F)cc1)C(=O)CO2. The highest BCUT2D eigenvalue weighted by atomic mass is 19.1. The Labute approximate surface area is 161 Å². The zero-order valence-corrected chi connectivity index (χ0v) is 15.2. The lowest BCUT2D eigenvalue weighted by molar-refractivity contribution is -0.143. The molecule has 0 saturated carbocycles. The van der Waals surface area contributed by atoms with Crippen molar-refractivity contribution in [2.24, 2.45) is 0 Å². The summed E-state index contributed by atoms with van der Waals surface area (Å²) in [5.41, 5.74) is 0.124. The van der Waals surface area contributed by atoms with E-state index in [1.165, 1.54) is 24.3 Å². The average molecular weight is 386 g/mol. The normalized spacial score (nSPS) is 19.1. The third-order valence-electron chi connectivity index (χ3n) is 5.45. The first-order chi connectivity index (χ1) is 13.5. The van der Waals surface area contributed by atoms with Crippen LogP contribution in [-0.2, 0) is 9.53 Å². The molecule has 2 amide bonds. The van der Waals surface area contributed by atoms with Crippen molar-refractivity contribution in [1.29, 1.82) is 0 Å². The maximum atomic E-state index is 13.9. The van der Waals surface area contributed by atoms with Gasteiger partial charge in [-0.3, -0.25) is 9.59 Å². The second kappa shape index (κ2) is 7.31. The molecule has 7 heteroatoms. The van der Waals surface area contributed by atoms with Crippen molar-refractivity contribution in [1.82, 2.24) is 4.90 Å². The number of rotatable bonds is 2. The quantitative estimate of drug-likeness (QED) is 0.797. The number of anilines is 1. The van der Waals surface area contributed by atoms with Gasteiger partial charge in [0.15, 0.2) is 0 Å². The summed E-state index contributed by atoms with van der Waals surface area (Å²) in [6, 6.07) is 11.7. The third-order valence-corrected chi connectivity index (χ3v) is 5.45. The molecule has 4 rings (SSSR count). The van der Waals surface area contributed by atoms with Gasteiger partial charge >= 0.3 is 0 Å². The van der Waals surface area contributed by atoms with Gasteiger partial charge < -0.3 is 14.5 Å². The Hall–Kier alpha value is -2.80. The third kappa shape index (κ3) is 3.49. The number of nitrogens with zero attached hydrogens (tertiary/aromatic N) is 2. The van der Waals surface area contributed by atoms with E-state index in [-0.39, 0.29) is 29.8 Å². The molecule has 2 aromatic rings. The Balaban J connectivity index is 1.46. The molecule has 2 saturated heterocycles.